The average molecular weight is 254 g/mol. The van der Waals surface area contributed by atoms with Crippen molar-refractivity contribution in [2.45, 2.75) is 13.8 Å². The van der Waals surface area contributed by atoms with Crippen LogP contribution >= 0.6 is 22.7 Å². The summed E-state index contributed by atoms with van der Waals surface area (Å²) < 4.78 is 0. The quantitative estimate of drug-likeness (QED) is 0.773. The lowest BCUT2D eigenvalue weighted by Crippen LogP contribution is -1.87. The summed E-state index contributed by atoms with van der Waals surface area (Å²) in [5, 5.41) is 4.75. The molecule has 2 aromatic heterocycles. The molecule has 0 bridgehead atoms. The minimum absolute atomic E-state index is 0.0417. The molecule has 0 radical (unpaired) electrons. The number of hydrogen-bond donors (Lipinski definition) is 0. The number of aromatic nitrogens is 2. The van der Waals surface area contributed by atoms with Gasteiger partial charge in [-0.2, -0.15) is 0 Å². The van der Waals surface area contributed by atoms with Gasteiger partial charge in [0.15, 0.2) is 21.6 Å². The molecule has 84 valence electrons. The molecule has 4 nitrogen and oxygen atoms in total. The van der Waals surface area contributed by atoms with Crippen LogP contribution in [0.25, 0.3) is 0 Å². The van der Waals surface area contributed by atoms with Gasteiger partial charge in [0.1, 0.15) is 0 Å². The molecule has 0 unspecified atom stereocenters. The zero-order valence-corrected chi connectivity index (χ0v) is 10.5. The van der Waals surface area contributed by atoms with Crippen LogP contribution in [0.5, 0.6) is 0 Å². The molecule has 0 aliphatic carbocycles. The molecule has 0 atom stereocenters. The van der Waals surface area contributed by atoms with Crippen molar-refractivity contribution in [3.8, 4) is 0 Å². The van der Waals surface area contributed by atoms with E-state index in [-0.39, 0.29) is 11.6 Å². The minimum atomic E-state index is 0.0417. The average Bonchev–Trinajstić information content (AvgIpc) is 2.93. The van der Waals surface area contributed by atoms with Gasteiger partial charge in [0.05, 0.1) is 0 Å². The Hall–Kier alpha value is -1.40. The lowest BCUT2D eigenvalue weighted by Gasteiger charge is -1.78. The Bertz CT molecular complexity index is 405. The van der Waals surface area contributed by atoms with Gasteiger partial charge in [0.25, 0.3) is 0 Å². The van der Waals surface area contributed by atoms with Crippen LogP contribution in [-0.4, -0.2) is 21.5 Å². The van der Waals surface area contributed by atoms with Gasteiger partial charge in [-0.05, 0) is 0 Å². The minimum Gasteiger partial charge on any atom is -0.292 e. The Morgan fingerprint density at radius 3 is 1.44 bits per heavy atom. The normalized spacial score (nSPS) is 9.12. The standard InChI is InChI=1S/2C5H5NOS/c2*1-4(7)5-6-2-3-8-5/h2*2-3H,1H3. The van der Waals surface area contributed by atoms with E-state index in [0.29, 0.717) is 10.0 Å². The number of rotatable bonds is 2. The second-order valence-corrected chi connectivity index (χ2v) is 4.58. The predicted molar refractivity (Wildman–Crippen MR) is 64.2 cm³/mol. The molecule has 2 aromatic rings. The van der Waals surface area contributed by atoms with E-state index in [9.17, 15) is 9.59 Å². The van der Waals surface area contributed by atoms with Gasteiger partial charge in [-0.3, -0.25) is 9.59 Å². The molecular weight excluding hydrogens is 244 g/mol. The highest BCUT2D eigenvalue weighted by Gasteiger charge is 1.98. The number of carbonyl (C=O) groups excluding carboxylic acids is 2. The van der Waals surface area contributed by atoms with Gasteiger partial charge in [0.2, 0.25) is 0 Å². The second-order valence-electron chi connectivity index (χ2n) is 2.79. The first-order chi connectivity index (χ1) is 7.61. The van der Waals surface area contributed by atoms with Crippen molar-refractivity contribution >= 4 is 34.2 Å². The first kappa shape index (κ1) is 12.7. The zero-order chi connectivity index (χ0) is 12.0. The van der Waals surface area contributed by atoms with Crippen LogP contribution in [-0.2, 0) is 0 Å². The maximum atomic E-state index is 10.5. The molecule has 0 spiro atoms. The number of Topliss-reactive ketones (excluding diaryl/α,β-unsaturated/α-hetero) is 2. The van der Waals surface area contributed by atoms with Gasteiger partial charge in [-0.25, -0.2) is 9.97 Å². The highest BCUT2D eigenvalue weighted by molar-refractivity contribution is 7.11. The first-order valence-electron chi connectivity index (χ1n) is 4.42. The fraction of sp³-hybridized carbons (Fsp3) is 0.200. The van der Waals surface area contributed by atoms with Crippen molar-refractivity contribution < 1.29 is 9.59 Å². The van der Waals surface area contributed by atoms with E-state index in [2.05, 4.69) is 9.97 Å². The maximum Gasteiger partial charge on any atom is 0.188 e. The highest BCUT2D eigenvalue weighted by Crippen LogP contribution is 2.03. The third-order valence-electron chi connectivity index (χ3n) is 1.47. The largest absolute Gasteiger partial charge is 0.292 e. The van der Waals surface area contributed by atoms with E-state index in [1.807, 2.05) is 0 Å². The SMILES string of the molecule is CC(=O)c1nccs1.CC(=O)c1nccs1. The third-order valence-corrected chi connectivity index (χ3v) is 3.21. The van der Waals surface area contributed by atoms with E-state index in [1.165, 1.54) is 36.5 Å². The summed E-state index contributed by atoms with van der Waals surface area (Å²) in [6.07, 6.45) is 3.25. The number of carbonyl (C=O) groups is 2. The molecule has 16 heavy (non-hydrogen) atoms. The molecule has 6 heteroatoms. The van der Waals surface area contributed by atoms with E-state index in [1.54, 1.807) is 23.2 Å². The molecule has 0 fully saturated rings. The van der Waals surface area contributed by atoms with Crippen molar-refractivity contribution in [3.63, 3.8) is 0 Å². The van der Waals surface area contributed by atoms with Gasteiger partial charge in [-0.1, -0.05) is 0 Å². The molecule has 0 aliphatic heterocycles. The molecule has 2 rings (SSSR count). The predicted octanol–water partition coefficient (Wildman–Crippen LogP) is 2.69. The number of thiazole rings is 2. The van der Waals surface area contributed by atoms with Gasteiger partial charge >= 0.3 is 0 Å². The molecule has 0 aromatic carbocycles. The highest BCUT2D eigenvalue weighted by atomic mass is 32.1. The summed E-state index contributed by atoms with van der Waals surface area (Å²) in [7, 11) is 0. The van der Waals surface area contributed by atoms with E-state index in [0.717, 1.165) is 0 Å². The summed E-state index contributed by atoms with van der Waals surface area (Å²) in [6, 6.07) is 0. The van der Waals surface area contributed by atoms with Crippen molar-refractivity contribution in [2.24, 2.45) is 0 Å². The first-order valence-corrected chi connectivity index (χ1v) is 6.18. The molecule has 0 saturated carbocycles. The summed E-state index contributed by atoms with van der Waals surface area (Å²) in [5.41, 5.74) is 0. The molecule has 2 heterocycles. The Labute approximate surface area is 101 Å². The van der Waals surface area contributed by atoms with E-state index >= 15 is 0 Å². The molecule has 0 aliphatic rings. The van der Waals surface area contributed by atoms with Crippen LogP contribution < -0.4 is 0 Å². The van der Waals surface area contributed by atoms with Gasteiger partial charge in [0, 0.05) is 37.0 Å². The number of hydrogen-bond acceptors (Lipinski definition) is 6. The maximum absolute atomic E-state index is 10.5. The van der Waals surface area contributed by atoms with Gasteiger partial charge in [-0.15, -0.1) is 22.7 Å². The smallest absolute Gasteiger partial charge is 0.188 e. The van der Waals surface area contributed by atoms with Crippen molar-refractivity contribution in [2.75, 3.05) is 0 Å². The third kappa shape index (κ3) is 4.00. The van der Waals surface area contributed by atoms with Crippen LogP contribution in [0.4, 0.5) is 0 Å². The van der Waals surface area contributed by atoms with Crippen molar-refractivity contribution in [3.05, 3.63) is 33.2 Å². The van der Waals surface area contributed by atoms with Crippen molar-refractivity contribution in [1.82, 2.24) is 9.97 Å². The number of ketones is 2. The fourth-order valence-corrected chi connectivity index (χ4v) is 1.87. The summed E-state index contributed by atoms with van der Waals surface area (Å²) >= 11 is 2.74. The van der Waals surface area contributed by atoms with Crippen molar-refractivity contribution in [1.29, 1.82) is 0 Å². The van der Waals surface area contributed by atoms with Crippen LogP contribution in [0.2, 0.25) is 0 Å². The van der Waals surface area contributed by atoms with Crippen LogP contribution in [0.3, 0.4) is 0 Å². The van der Waals surface area contributed by atoms with E-state index in [4.69, 9.17) is 0 Å². The Morgan fingerprint density at radius 1 is 0.938 bits per heavy atom. The summed E-state index contributed by atoms with van der Waals surface area (Å²) in [6.45, 7) is 3.03. The molecule has 0 amide bonds. The summed E-state index contributed by atoms with van der Waals surface area (Å²) in [5.74, 6) is 0.0833. The summed E-state index contributed by atoms with van der Waals surface area (Å²) in [4.78, 5) is 28.5. The lowest BCUT2D eigenvalue weighted by molar-refractivity contribution is 0.100. The molecule has 0 N–H and O–H groups in total. The monoisotopic (exact) mass is 254 g/mol. The Kier molecular flexibility index (Phi) is 4.94. The zero-order valence-electron chi connectivity index (χ0n) is 8.84. The number of nitrogens with zero attached hydrogens (tertiary/aromatic N) is 2. The Morgan fingerprint density at radius 2 is 1.31 bits per heavy atom. The molecular formula is C10H10N2O2S2. The lowest BCUT2D eigenvalue weighted by atomic mass is 10.5. The fourth-order valence-electron chi connectivity index (χ4n) is 0.795. The molecule has 0 saturated heterocycles. The van der Waals surface area contributed by atoms with Crippen LogP contribution in [0, 0.1) is 0 Å². The van der Waals surface area contributed by atoms with Crippen LogP contribution in [0.1, 0.15) is 33.5 Å². The topological polar surface area (TPSA) is 59.9 Å². The Balaban J connectivity index is 0.000000160. The van der Waals surface area contributed by atoms with Gasteiger partial charge < -0.3 is 0 Å². The second kappa shape index (κ2) is 6.24. The van der Waals surface area contributed by atoms with Crippen LogP contribution in [0.15, 0.2) is 23.2 Å². The van der Waals surface area contributed by atoms with E-state index < -0.39 is 0 Å².